The van der Waals surface area contributed by atoms with E-state index >= 15 is 0 Å². The van der Waals surface area contributed by atoms with Crippen molar-refractivity contribution in [2.24, 2.45) is 0 Å². The average molecular weight is 444 g/mol. The van der Waals surface area contributed by atoms with Gasteiger partial charge in [0.15, 0.2) is 11.6 Å². The van der Waals surface area contributed by atoms with Crippen LogP contribution in [-0.2, 0) is 0 Å². The topological polar surface area (TPSA) is 43.0 Å². The van der Waals surface area contributed by atoms with Crippen LogP contribution in [0.25, 0.3) is 56.2 Å². The lowest BCUT2D eigenvalue weighted by molar-refractivity contribution is -0.672. The van der Waals surface area contributed by atoms with Crippen molar-refractivity contribution in [1.82, 2.24) is 4.98 Å². The van der Waals surface area contributed by atoms with Crippen LogP contribution in [0, 0.1) is 13.8 Å². The Labute approximate surface area is 197 Å². The van der Waals surface area contributed by atoms with E-state index in [2.05, 4.69) is 97.1 Å². The van der Waals surface area contributed by atoms with Gasteiger partial charge in [-0.15, -0.1) is 4.57 Å². The minimum Gasteiger partial charge on any atom is -0.436 e. The molecule has 4 aromatic carbocycles. The third kappa shape index (κ3) is 2.78. The van der Waals surface area contributed by atoms with Gasteiger partial charge in [0.1, 0.15) is 5.52 Å². The van der Waals surface area contributed by atoms with Crippen LogP contribution in [0.4, 0.5) is 0 Å². The highest BCUT2D eigenvalue weighted by atomic mass is 16.4. The number of nitrogens with zero attached hydrogens (tertiary/aromatic N) is 2. The molecule has 0 saturated heterocycles. The Morgan fingerprint density at radius 1 is 0.706 bits per heavy atom. The Kier molecular flexibility index (Phi) is 3.92. The summed E-state index contributed by atoms with van der Waals surface area (Å²) in [6.07, 6.45) is 0. The monoisotopic (exact) mass is 443 g/mol. The number of oxazole rings is 2. The molecule has 1 aliphatic heterocycles. The van der Waals surface area contributed by atoms with Crippen LogP contribution in [0.3, 0.4) is 0 Å². The molecule has 0 N–H and O–H groups in total. The highest BCUT2D eigenvalue weighted by Crippen LogP contribution is 2.39. The number of benzene rings is 4. The number of aromatic nitrogens is 2. The minimum atomic E-state index is 0.219. The van der Waals surface area contributed by atoms with E-state index in [0.717, 1.165) is 33.7 Å². The van der Waals surface area contributed by atoms with E-state index in [0.29, 0.717) is 5.89 Å². The predicted octanol–water partition coefficient (Wildman–Crippen LogP) is 7.40. The normalized spacial score (nSPS) is 14.6. The summed E-state index contributed by atoms with van der Waals surface area (Å²) in [6.45, 7) is 6.40. The fraction of sp³-hybridized carbons (Fsp3) is 0.133. The molecule has 7 rings (SSSR count). The summed E-state index contributed by atoms with van der Waals surface area (Å²) in [5.41, 5.74) is 12.0. The summed E-state index contributed by atoms with van der Waals surface area (Å²) in [4.78, 5) is 4.65. The third-order valence-corrected chi connectivity index (χ3v) is 6.93. The lowest BCUT2D eigenvalue weighted by Gasteiger charge is -2.06. The summed E-state index contributed by atoms with van der Waals surface area (Å²) in [5, 5.41) is 0. The van der Waals surface area contributed by atoms with E-state index in [1.54, 1.807) is 0 Å². The molecule has 0 aliphatic carbocycles. The molecule has 0 fully saturated rings. The zero-order valence-electron chi connectivity index (χ0n) is 19.3. The first-order chi connectivity index (χ1) is 16.5. The molecule has 3 heterocycles. The van der Waals surface area contributed by atoms with E-state index in [1.807, 2.05) is 12.1 Å². The fourth-order valence-electron chi connectivity index (χ4n) is 5.12. The molecule has 4 heteroatoms. The van der Waals surface area contributed by atoms with Gasteiger partial charge in [0.2, 0.25) is 11.5 Å². The van der Waals surface area contributed by atoms with Crippen LogP contribution in [0.1, 0.15) is 29.7 Å². The second kappa shape index (κ2) is 6.91. The number of rotatable bonds is 2. The molecule has 1 atom stereocenters. The summed E-state index contributed by atoms with van der Waals surface area (Å²) >= 11 is 0. The molecular weight excluding hydrogens is 420 g/mol. The average Bonchev–Trinajstić information content (AvgIpc) is 3.51. The number of hydrogen-bond donors (Lipinski definition) is 0. The quantitative estimate of drug-likeness (QED) is 0.262. The third-order valence-electron chi connectivity index (χ3n) is 6.93. The van der Waals surface area contributed by atoms with E-state index in [9.17, 15) is 0 Å². The fourth-order valence-corrected chi connectivity index (χ4v) is 5.12. The van der Waals surface area contributed by atoms with Crippen molar-refractivity contribution in [1.29, 1.82) is 0 Å². The van der Waals surface area contributed by atoms with Crippen LogP contribution in [0.15, 0.2) is 87.7 Å². The standard InChI is InChI=1S/C30H23N2O2/c1-17-4-12-25-27(14-17)33-29(31-25)21-8-6-20(7-9-21)22-10-11-23-24(16-22)19(3)32-26-13-5-18(2)15-28(26)34-30(23)32/h4-16,19H,1-3H3/q+1. The van der Waals surface area contributed by atoms with Gasteiger partial charge in [0, 0.05) is 24.1 Å². The summed E-state index contributed by atoms with van der Waals surface area (Å²) < 4.78 is 14.6. The molecule has 0 amide bonds. The van der Waals surface area contributed by atoms with Crippen molar-refractivity contribution in [2.75, 3.05) is 0 Å². The summed E-state index contributed by atoms with van der Waals surface area (Å²) in [5.74, 6) is 1.59. The van der Waals surface area contributed by atoms with Gasteiger partial charge in [0.05, 0.1) is 5.56 Å². The van der Waals surface area contributed by atoms with Crippen molar-refractivity contribution in [3.63, 3.8) is 0 Å². The smallest absolute Gasteiger partial charge is 0.382 e. The van der Waals surface area contributed by atoms with Crippen molar-refractivity contribution >= 4 is 22.2 Å². The first-order valence-electron chi connectivity index (χ1n) is 11.6. The van der Waals surface area contributed by atoms with Crippen molar-refractivity contribution in [3.05, 3.63) is 95.6 Å². The van der Waals surface area contributed by atoms with Crippen LogP contribution in [0.5, 0.6) is 0 Å². The first kappa shape index (κ1) is 19.3. The number of fused-ring (bicyclic) bond motifs is 6. The lowest BCUT2D eigenvalue weighted by Crippen LogP contribution is -2.34. The molecule has 164 valence electrons. The molecule has 0 bridgehead atoms. The Hall–Kier alpha value is -4.18. The highest BCUT2D eigenvalue weighted by molar-refractivity contribution is 5.79. The highest BCUT2D eigenvalue weighted by Gasteiger charge is 2.39. The van der Waals surface area contributed by atoms with Gasteiger partial charge in [-0.05, 0) is 78.6 Å². The Balaban J connectivity index is 1.25. The van der Waals surface area contributed by atoms with Crippen LogP contribution < -0.4 is 4.57 Å². The van der Waals surface area contributed by atoms with E-state index < -0.39 is 0 Å². The van der Waals surface area contributed by atoms with Gasteiger partial charge in [-0.25, -0.2) is 4.98 Å². The molecule has 1 unspecified atom stereocenters. The summed E-state index contributed by atoms with van der Waals surface area (Å²) in [6, 6.07) is 27.8. The lowest BCUT2D eigenvalue weighted by atomic mass is 9.97. The molecule has 34 heavy (non-hydrogen) atoms. The van der Waals surface area contributed by atoms with Gasteiger partial charge < -0.3 is 8.83 Å². The maximum Gasteiger partial charge on any atom is 0.382 e. The maximum atomic E-state index is 6.28. The van der Waals surface area contributed by atoms with Crippen molar-refractivity contribution in [3.8, 4) is 34.0 Å². The maximum absolute atomic E-state index is 6.28. The predicted molar refractivity (Wildman–Crippen MR) is 134 cm³/mol. The minimum absolute atomic E-state index is 0.219. The van der Waals surface area contributed by atoms with E-state index in [4.69, 9.17) is 8.83 Å². The number of aryl methyl sites for hydroxylation is 2. The van der Waals surface area contributed by atoms with Gasteiger partial charge in [-0.1, -0.05) is 30.3 Å². The van der Waals surface area contributed by atoms with Gasteiger partial charge in [0.25, 0.3) is 5.52 Å². The van der Waals surface area contributed by atoms with Crippen molar-refractivity contribution in [2.45, 2.75) is 26.8 Å². The molecule has 2 aromatic heterocycles. The van der Waals surface area contributed by atoms with Crippen LogP contribution in [-0.4, -0.2) is 4.98 Å². The molecule has 1 aliphatic rings. The largest absolute Gasteiger partial charge is 0.436 e. The molecule has 0 saturated carbocycles. The Morgan fingerprint density at radius 2 is 1.41 bits per heavy atom. The zero-order valence-corrected chi connectivity index (χ0v) is 19.3. The van der Waals surface area contributed by atoms with Crippen molar-refractivity contribution < 1.29 is 13.4 Å². The van der Waals surface area contributed by atoms with Gasteiger partial charge >= 0.3 is 5.89 Å². The van der Waals surface area contributed by atoms with Crippen LogP contribution in [0.2, 0.25) is 0 Å². The van der Waals surface area contributed by atoms with Crippen LogP contribution >= 0.6 is 0 Å². The van der Waals surface area contributed by atoms with Gasteiger partial charge in [-0.3, -0.25) is 0 Å². The molecular formula is C30H23N2O2+. The second-order valence-electron chi connectivity index (χ2n) is 9.29. The Morgan fingerprint density at radius 3 is 2.24 bits per heavy atom. The van der Waals surface area contributed by atoms with E-state index in [1.165, 1.54) is 33.4 Å². The molecule has 4 nitrogen and oxygen atoms in total. The summed E-state index contributed by atoms with van der Waals surface area (Å²) in [7, 11) is 0. The SMILES string of the molecule is Cc1ccc2nc(-c3ccc(-c4ccc5c(c4)C(C)[n+]4c-5oc5cc(C)ccc54)cc3)oc2c1. The molecule has 6 aromatic rings. The van der Waals surface area contributed by atoms with Gasteiger partial charge in [-0.2, -0.15) is 0 Å². The Bertz CT molecular complexity index is 1740. The molecule has 0 spiro atoms. The number of hydrogen-bond acceptors (Lipinski definition) is 3. The van der Waals surface area contributed by atoms with E-state index in [-0.39, 0.29) is 6.04 Å². The zero-order chi connectivity index (χ0) is 23.0. The molecule has 0 radical (unpaired) electrons. The first-order valence-corrected chi connectivity index (χ1v) is 11.6. The second-order valence-corrected chi connectivity index (χ2v) is 9.29.